The molecule has 11 heteroatoms. The first-order valence-corrected chi connectivity index (χ1v) is 11.9. The van der Waals surface area contributed by atoms with Crippen molar-refractivity contribution in [2.24, 2.45) is 0 Å². The molecule has 32 heavy (non-hydrogen) atoms. The molecule has 2 aromatic rings. The molecule has 2 heterocycles. The molecule has 0 atom stereocenters. The van der Waals surface area contributed by atoms with Gasteiger partial charge >= 0.3 is 5.97 Å². The first kappa shape index (κ1) is 24.0. The van der Waals surface area contributed by atoms with Crippen molar-refractivity contribution in [3.8, 4) is 0 Å². The minimum atomic E-state index is -0.407. The van der Waals surface area contributed by atoms with Crippen molar-refractivity contribution in [1.29, 1.82) is 0 Å². The number of methoxy groups -OCH3 is 1. The molecule has 1 aromatic carbocycles. The van der Waals surface area contributed by atoms with Crippen LogP contribution in [0.15, 0.2) is 29.2 Å². The highest BCUT2D eigenvalue weighted by molar-refractivity contribution is 8.26. The largest absolute Gasteiger partial charge is 0.465 e. The number of benzene rings is 1. The van der Waals surface area contributed by atoms with Crippen LogP contribution in [0.2, 0.25) is 0 Å². The molecule has 1 aromatic heterocycles. The number of hydrogen-bond donors (Lipinski definition) is 1. The molecule has 0 aliphatic carbocycles. The third-order valence-corrected chi connectivity index (χ3v) is 6.69. The van der Waals surface area contributed by atoms with Gasteiger partial charge in [-0.2, -0.15) is 0 Å². The molecule has 168 valence electrons. The zero-order chi connectivity index (χ0) is 23.1. The van der Waals surface area contributed by atoms with E-state index in [0.717, 1.165) is 23.4 Å². The van der Waals surface area contributed by atoms with E-state index in [-0.39, 0.29) is 11.8 Å². The fraction of sp³-hybridized carbons (Fsp3) is 0.333. The Kier molecular flexibility index (Phi) is 8.48. The van der Waals surface area contributed by atoms with E-state index in [1.54, 1.807) is 35.2 Å². The van der Waals surface area contributed by atoms with Gasteiger partial charge in [0.2, 0.25) is 11.0 Å². The summed E-state index contributed by atoms with van der Waals surface area (Å²) in [6.45, 7) is 2.34. The molecule has 1 saturated heterocycles. The fourth-order valence-electron chi connectivity index (χ4n) is 2.94. The van der Waals surface area contributed by atoms with Gasteiger partial charge < -0.3 is 10.1 Å². The maximum absolute atomic E-state index is 12.7. The Labute approximate surface area is 199 Å². The Morgan fingerprint density at radius 2 is 1.94 bits per heavy atom. The standard InChI is InChI=1S/C21H22N4O4S3/c1-13-23-24-20(31-13)22-17(26)6-4-3-5-11-25-18(27)16(32-21(25)30)12-14-7-9-15(10-8-14)19(28)29-2/h7-10,12H,3-6,11H2,1-2H3,(H,22,24,26)/b16-12-. The quantitative estimate of drug-likeness (QED) is 0.243. The van der Waals surface area contributed by atoms with E-state index in [2.05, 4.69) is 20.3 Å². The molecule has 1 aliphatic heterocycles. The van der Waals surface area contributed by atoms with Gasteiger partial charge in [0, 0.05) is 13.0 Å². The summed E-state index contributed by atoms with van der Waals surface area (Å²) in [5.74, 6) is -0.620. The third-order valence-electron chi connectivity index (χ3n) is 4.56. The maximum Gasteiger partial charge on any atom is 0.337 e. The van der Waals surface area contributed by atoms with Crippen LogP contribution in [0.1, 0.15) is 46.6 Å². The van der Waals surface area contributed by atoms with Crippen LogP contribution in [0.25, 0.3) is 6.08 Å². The van der Waals surface area contributed by atoms with Gasteiger partial charge in [-0.05, 0) is 43.5 Å². The number of aryl methyl sites for hydroxylation is 1. The monoisotopic (exact) mass is 490 g/mol. The van der Waals surface area contributed by atoms with E-state index in [9.17, 15) is 14.4 Å². The normalized spacial score (nSPS) is 14.8. The molecule has 0 radical (unpaired) electrons. The number of nitrogens with one attached hydrogen (secondary N) is 1. The Morgan fingerprint density at radius 1 is 1.19 bits per heavy atom. The van der Waals surface area contributed by atoms with Crippen LogP contribution in [-0.4, -0.2) is 50.9 Å². The van der Waals surface area contributed by atoms with Gasteiger partial charge in [-0.25, -0.2) is 4.79 Å². The van der Waals surface area contributed by atoms with Gasteiger partial charge in [0.25, 0.3) is 5.91 Å². The number of anilines is 1. The summed E-state index contributed by atoms with van der Waals surface area (Å²) in [7, 11) is 1.33. The van der Waals surface area contributed by atoms with Crippen molar-refractivity contribution in [3.63, 3.8) is 0 Å². The Morgan fingerprint density at radius 3 is 2.59 bits per heavy atom. The SMILES string of the molecule is COC(=O)c1ccc(/C=C2\SC(=S)N(CCCCCC(=O)Nc3nnc(C)s3)C2=O)cc1. The summed E-state index contributed by atoms with van der Waals surface area (Å²) in [6, 6.07) is 6.82. The molecule has 3 rings (SSSR count). The summed E-state index contributed by atoms with van der Waals surface area (Å²) in [5.41, 5.74) is 1.25. The molecule has 1 fully saturated rings. The zero-order valence-electron chi connectivity index (χ0n) is 17.6. The number of carbonyl (C=O) groups excluding carboxylic acids is 3. The van der Waals surface area contributed by atoms with Gasteiger partial charge in [-0.1, -0.05) is 53.9 Å². The number of hydrogen-bond acceptors (Lipinski definition) is 9. The average Bonchev–Trinajstić information content (AvgIpc) is 3.30. The van der Waals surface area contributed by atoms with Gasteiger partial charge in [0.15, 0.2) is 0 Å². The molecular weight excluding hydrogens is 468 g/mol. The smallest absolute Gasteiger partial charge is 0.337 e. The first-order chi connectivity index (χ1) is 15.4. The Bertz CT molecular complexity index is 1050. The number of rotatable bonds is 9. The molecule has 2 amide bonds. The molecule has 0 spiro atoms. The number of ether oxygens (including phenoxy) is 1. The van der Waals surface area contributed by atoms with Crippen molar-refractivity contribution < 1.29 is 19.1 Å². The van der Waals surface area contributed by atoms with Crippen LogP contribution in [0, 0.1) is 6.92 Å². The molecule has 0 unspecified atom stereocenters. The van der Waals surface area contributed by atoms with Crippen LogP contribution >= 0.6 is 35.3 Å². The van der Waals surface area contributed by atoms with Crippen molar-refractivity contribution in [2.75, 3.05) is 19.0 Å². The number of aromatic nitrogens is 2. The number of thioether (sulfide) groups is 1. The van der Waals surface area contributed by atoms with Crippen LogP contribution in [0.5, 0.6) is 0 Å². The Balaban J connectivity index is 1.44. The second kappa shape index (κ2) is 11.3. The topological polar surface area (TPSA) is 101 Å². The van der Waals surface area contributed by atoms with E-state index in [0.29, 0.717) is 39.3 Å². The molecular formula is C21H22N4O4S3. The van der Waals surface area contributed by atoms with E-state index in [1.165, 1.54) is 30.2 Å². The molecule has 0 bridgehead atoms. The second-order valence-corrected chi connectivity index (χ2v) is 9.79. The zero-order valence-corrected chi connectivity index (χ0v) is 20.1. The highest BCUT2D eigenvalue weighted by Gasteiger charge is 2.31. The lowest BCUT2D eigenvalue weighted by Crippen LogP contribution is -2.29. The number of esters is 1. The summed E-state index contributed by atoms with van der Waals surface area (Å²) in [5, 5.41) is 11.8. The van der Waals surface area contributed by atoms with E-state index in [4.69, 9.17) is 12.2 Å². The second-order valence-electron chi connectivity index (χ2n) is 6.93. The summed E-state index contributed by atoms with van der Waals surface area (Å²) in [6.07, 6.45) is 4.41. The van der Waals surface area contributed by atoms with Crippen molar-refractivity contribution in [1.82, 2.24) is 15.1 Å². The van der Waals surface area contributed by atoms with Gasteiger partial charge in [-0.3, -0.25) is 14.5 Å². The number of amides is 2. The molecule has 0 saturated carbocycles. The third kappa shape index (κ3) is 6.44. The molecule has 8 nitrogen and oxygen atoms in total. The fourth-order valence-corrected chi connectivity index (χ4v) is 4.86. The van der Waals surface area contributed by atoms with Crippen molar-refractivity contribution >= 4 is 68.6 Å². The number of carbonyl (C=O) groups is 3. The average molecular weight is 491 g/mol. The summed E-state index contributed by atoms with van der Waals surface area (Å²) < 4.78 is 5.21. The number of nitrogens with zero attached hydrogens (tertiary/aromatic N) is 3. The first-order valence-electron chi connectivity index (χ1n) is 9.91. The minimum absolute atomic E-state index is 0.0899. The van der Waals surface area contributed by atoms with E-state index < -0.39 is 5.97 Å². The lowest BCUT2D eigenvalue weighted by Gasteiger charge is -2.14. The minimum Gasteiger partial charge on any atom is -0.465 e. The van der Waals surface area contributed by atoms with Crippen LogP contribution in [0.4, 0.5) is 5.13 Å². The van der Waals surface area contributed by atoms with Crippen LogP contribution < -0.4 is 5.32 Å². The summed E-state index contributed by atoms with van der Waals surface area (Å²) in [4.78, 5) is 38.3. The van der Waals surface area contributed by atoms with Crippen molar-refractivity contribution in [2.45, 2.75) is 32.6 Å². The van der Waals surface area contributed by atoms with E-state index >= 15 is 0 Å². The number of unbranched alkanes of at least 4 members (excludes halogenated alkanes) is 2. The molecule has 1 N–H and O–H groups in total. The van der Waals surface area contributed by atoms with Crippen molar-refractivity contribution in [3.05, 3.63) is 45.3 Å². The highest BCUT2D eigenvalue weighted by atomic mass is 32.2. The van der Waals surface area contributed by atoms with Gasteiger partial charge in [0.1, 0.15) is 9.33 Å². The summed E-state index contributed by atoms with van der Waals surface area (Å²) >= 11 is 7.97. The highest BCUT2D eigenvalue weighted by Crippen LogP contribution is 2.32. The lowest BCUT2D eigenvalue weighted by atomic mass is 10.1. The molecule has 1 aliphatic rings. The van der Waals surface area contributed by atoms with E-state index in [1.807, 2.05) is 6.92 Å². The van der Waals surface area contributed by atoms with Crippen LogP contribution in [0.3, 0.4) is 0 Å². The predicted molar refractivity (Wildman–Crippen MR) is 129 cm³/mol. The lowest BCUT2D eigenvalue weighted by molar-refractivity contribution is -0.122. The van der Waals surface area contributed by atoms with Gasteiger partial charge in [-0.15, -0.1) is 10.2 Å². The predicted octanol–water partition coefficient (Wildman–Crippen LogP) is 4.03. The van der Waals surface area contributed by atoms with Crippen LogP contribution in [-0.2, 0) is 14.3 Å². The van der Waals surface area contributed by atoms with Gasteiger partial charge in [0.05, 0.1) is 17.6 Å². The Hall–Kier alpha value is -2.63. The number of thiocarbonyl (C=S) groups is 1. The maximum atomic E-state index is 12.7.